The van der Waals surface area contributed by atoms with E-state index in [1.165, 1.54) is 16.9 Å². The SMILES string of the molecule is O=C(CCl)N[C@@H]1c2ccccc2C[C@H]1NC(=O)c1csc2c1CCCC2. The van der Waals surface area contributed by atoms with Crippen LogP contribution in [0, 0.1) is 0 Å². The Labute approximate surface area is 161 Å². The average Bonchev–Trinajstić information content (AvgIpc) is 3.23. The highest BCUT2D eigenvalue weighted by atomic mass is 35.5. The van der Waals surface area contributed by atoms with Gasteiger partial charge in [0.2, 0.25) is 5.91 Å². The second-order valence-corrected chi connectivity index (χ2v) is 8.15. The number of hydrogen-bond donors (Lipinski definition) is 2. The molecule has 0 aliphatic heterocycles. The molecule has 0 saturated carbocycles. The van der Waals surface area contributed by atoms with Gasteiger partial charge in [0.25, 0.3) is 5.91 Å². The van der Waals surface area contributed by atoms with Gasteiger partial charge in [0, 0.05) is 10.3 Å². The predicted octanol–water partition coefficient (Wildman–Crippen LogP) is 3.38. The van der Waals surface area contributed by atoms with Crippen LogP contribution in [0.3, 0.4) is 0 Å². The molecule has 0 fully saturated rings. The summed E-state index contributed by atoms with van der Waals surface area (Å²) in [4.78, 5) is 26.2. The number of thiophene rings is 1. The minimum absolute atomic E-state index is 0.0349. The fourth-order valence-electron chi connectivity index (χ4n) is 4.05. The Kier molecular flexibility index (Phi) is 5.00. The molecule has 4 rings (SSSR count). The van der Waals surface area contributed by atoms with Crippen LogP contribution in [0.1, 0.15) is 50.8 Å². The van der Waals surface area contributed by atoms with E-state index < -0.39 is 0 Å². The van der Waals surface area contributed by atoms with Crippen molar-refractivity contribution >= 4 is 34.8 Å². The number of benzene rings is 1. The molecule has 0 saturated heterocycles. The van der Waals surface area contributed by atoms with Crippen LogP contribution in [0.2, 0.25) is 0 Å². The molecular formula is C20H21ClN2O2S. The van der Waals surface area contributed by atoms with Gasteiger partial charge >= 0.3 is 0 Å². The van der Waals surface area contributed by atoms with E-state index in [2.05, 4.69) is 10.6 Å². The molecule has 26 heavy (non-hydrogen) atoms. The van der Waals surface area contributed by atoms with E-state index in [0.29, 0.717) is 6.42 Å². The zero-order chi connectivity index (χ0) is 18.1. The van der Waals surface area contributed by atoms with Gasteiger partial charge in [-0.3, -0.25) is 9.59 Å². The highest BCUT2D eigenvalue weighted by Gasteiger charge is 2.35. The molecular weight excluding hydrogens is 368 g/mol. The molecule has 0 radical (unpaired) electrons. The summed E-state index contributed by atoms with van der Waals surface area (Å²) in [5.74, 6) is -0.343. The number of rotatable bonds is 4. The van der Waals surface area contributed by atoms with Crippen molar-refractivity contribution in [1.82, 2.24) is 10.6 Å². The smallest absolute Gasteiger partial charge is 0.252 e. The first kappa shape index (κ1) is 17.6. The van der Waals surface area contributed by atoms with Crippen LogP contribution < -0.4 is 10.6 Å². The van der Waals surface area contributed by atoms with Crippen LogP contribution >= 0.6 is 22.9 Å². The van der Waals surface area contributed by atoms with Crippen molar-refractivity contribution < 1.29 is 9.59 Å². The minimum Gasteiger partial charge on any atom is -0.347 e. The van der Waals surface area contributed by atoms with Gasteiger partial charge in [-0.2, -0.15) is 0 Å². The second-order valence-electron chi connectivity index (χ2n) is 6.92. The molecule has 2 aliphatic carbocycles. The Bertz CT molecular complexity index is 848. The van der Waals surface area contributed by atoms with Gasteiger partial charge in [-0.05, 0) is 48.8 Å². The summed E-state index contributed by atoms with van der Waals surface area (Å²) in [5.41, 5.74) is 4.24. The summed E-state index contributed by atoms with van der Waals surface area (Å²) in [6, 6.07) is 7.60. The Balaban J connectivity index is 1.56. The average molecular weight is 389 g/mol. The maximum atomic E-state index is 12.9. The molecule has 2 amide bonds. The number of amides is 2. The Morgan fingerprint density at radius 1 is 1.15 bits per heavy atom. The molecule has 2 aromatic rings. The molecule has 2 atom stereocenters. The first-order chi connectivity index (χ1) is 12.7. The van der Waals surface area contributed by atoms with Crippen LogP contribution in [0.25, 0.3) is 0 Å². The molecule has 0 spiro atoms. The van der Waals surface area contributed by atoms with E-state index in [1.54, 1.807) is 11.3 Å². The molecule has 4 nitrogen and oxygen atoms in total. The van der Waals surface area contributed by atoms with Gasteiger partial charge in [-0.25, -0.2) is 0 Å². The summed E-state index contributed by atoms with van der Waals surface area (Å²) >= 11 is 7.37. The monoisotopic (exact) mass is 388 g/mol. The Hall–Kier alpha value is -1.85. The third-order valence-electron chi connectivity index (χ3n) is 5.29. The second kappa shape index (κ2) is 7.41. The molecule has 2 aliphatic rings. The third kappa shape index (κ3) is 3.26. The van der Waals surface area contributed by atoms with Gasteiger partial charge in [-0.1, -0.05) is 24.3 Å². The van der Waals surface area contributed by atoms with Crippen molar-refractivity contribution in [2.45, 2.75) is 44.2 Å². The third-order valence-corrected chi connectivity index (χ3v) is 6.62. The highest BCUT2D eigenvalue weighted by molar-refractivity contribution is 7.10. The van der Waals surface area contributed by atoms with Crippen molar-refractivity contribution in [2.75, 3.05) is 5.88 Å². The van der Waals surface area contributed by atoms with E-state index in [4.69, 9.17) is 11.6 Å². The largest absolute Gasteiger partial charge is 0.347 e. The van der Waals surface area contributed by atoms with Gasteiger partial charge in [0.05, 0.1) is 17.6 Å². The van der Waals surface area contributed by atoms with Gasteiger partial charge in [0.15, 0.2) is 0 Å². The van der Waals surface area contributed by atoms with E-state index >= 15 is 0 Å². The summed E-state index contributed by atoms with van der Waals surface area (Å²) in [6.45, 7) is 0. The standard InChI is InChI=1S/C20H21ClN2O2S/c21-10-18(24)23-19-13-6-2-1-5-12(13)9-16(19)22-20(25)15-11-26-17-8-4-3-7-14(15)17/h1-2,5-6,11,16,19H,3-4,7-10H2,(H,22,25)(H,23,24)/t16-,19-/m1/s1. The minimum atomic E-state index is -0.240. The van der Waals surface area contributed by atoms with E-state index in [9.17, 15) is 9.59 Å². The zero-order valence-electron chi connectivity index (χ0n) is 14.4. The quantitative estimate of drug-likeness (QED) is 0.789. The van der Waals surface area contributed by atoms with Crippen molar-refractivity contribution in [3.63, 3.8) is 0 Å². The molecule has 1 aromatic heterocycles. The number of carbonyl (C=O) groups excluding carboxylic acids is 2. The fourth-order valence-corrected chi connectivity index (χ4v) is 5.25. The van der Waals surface area contributed by atoms with E-state index in [1.807, 2.05) is 29.6 Å². The molecule has 1 aromatic carbocycles. The van der Waals surface area contributed by atoms with E-state index in [-0.39, 0.29) is 29.8 Å². The summed E-state index contributed by atoms with van der Waals surface area (Å²) in [6.07, 6.45) is 5.13. The first-order valence-electron chi connectivity index (χ1n) is 9.00. The summed E-state index contributed by atoms with van der Waals surface area (Å²) < 4.78 is 0. The fraction of sp³-hybridized carbons (Fsp3) is 0.400. The first-order valence-corrected chi connectivity index (χ1v) is 10.4. The number of fused-ring (bicyclic) bond motifs is 2. The number of nitrogens with one attached hydrogen (secondary N) is 2. The van der Waals surface area contributed by atoms with Crippen LogP contribution in [0.5, 0.6) is 0 Å². The predicted molar refractivity (Wildman–Crippen MR) is 104 cm³/mol. The van der Waals surface area contributed by atoms with Gasteiger partial charge in [-0.15, -0.1) is 22.9 Å². The van der Waals surface area contributed by atoms with Gasteiger partial charge in [0.1, 0.15) is 5.88 Å². The lowest BCUT2D eigenvalue weighted by molar-refractivity contribution is -0.119. The molecule has 2 N–H and O–H groups in total. The number of hydrogen-bond acceptors (Lipinski definition) is 3. The number of carbonyl (C=O) groups is 2. The van der Waals surface area contributed by atoms with Crippen LogP contribution in [0.4, 0.5) is 0 Å². The Morgan fingerprint density at radius 3 is 2.81 bits per heavy atom. The van der Waals surface area contributed by atoms with Gasteiger partial charge < -0.3 is 10.6 Å². The van der Waals surface area contributed by atoms with Crippen LogP contribution in [-0.2, 0) is 24.1 Å². The highest BCUT2D eigenvalue weighted by Crippen LogP contribution is 2.33. The van der Waals surface area contributed by atoms with Crippen LogP contribution in [0.15, 0.2) is 29.6 Å². The molecule has 0 bridgehead atoms. The van der Waals surface area contributed by atoms with Crippen molar-refractivity contribution in [3.8, 4) is 0 Å². The maximum absolute atomic E-state index is 12.9. The Morgan fingerprint density at radius 2 is 1.96 bits per heavy atom. The summed E-state index contributed by atoms with van der Waals surface area (Å²) in [5, 5.41) is 8.12. The lowest BCUT2D eigenvalue weighted by Gasteiger charge is -2.23. The van der Waals surface area contributed by atoms with Crippen molar-refractivity contribution in [1.29, 1.82) is 0 Å². The molecule has 136 valence electrons. The molecule has 6 heteroatoms. The normalized spacial score (nSPS) is 21.0. The number of alkyl halides is 1. The molecule has 1 heterocycles. The number of halogens is 1. The lowest BCUT2D eigenvalue weighted by Crippen LogP contribution is -2.44. The summed E-state index contributed by atoms with van der Waals surface area (Å²) in [7, 11) is 0. The van der Waals surface area contributed by atoms with Crippen LogP contribution in [-0.4, -0.2) is 23.7 Å². The zero-order valence-corrected chi connectivity index (χ0v) is 16.0. The van der Waals surface area contributed by atoms with E-state index in [0.717, 1.165) is 36.0 Å². The van der Waals surface area contributed by atoms with Crippen molar-refractivity contribution in [3.05, 3.63) is 56.8 Å². The topological polar surface area (TPSA) is 58.2 Å². The van der Waals surface area contributed by atoms with Crippen molar-refractivity contribution in [2.24, 2.45) is 0 Å². The lowest BCUT2D eigenvalue weighted by atomic mass is 9.95. The maximum Gasteiger partial charge on any atom is 0.252 e. The molecule has 0 unspecified atom stereocenters. The number of aryl methyl sites for hydroxylation is 1.